The predicted octanol–water partition coefficient (Wildman–Crippen LogP) is 6.85. The summed E-state index contributed by atoms with van der Waals surface area (Å²) in [4.78, 5) is 0. The highest BCUT2D eigenvalue weighted by Gasteiger charge is 2.26. The van der Waals surface area contributed by atoms with E-state index in [1.54, 1.807) is 11.1 Å². The maximum Gasteiger partial charge on any atom is -0.0162 e. The molecule has 0 N–H and O–H groups in total. The molecule has 2 aromatic carbocycles. The van der Waals surface area contributed by atoms with Gasteiger partial charge in [-0.2, -0.15) is 0 Å². The van der Waals surface area contributed by atoms with Gasteiger partial charge in [0.05, 0.1) is 0 Å². The van der Waals surface area contributed by atoms with Gasteiger partial charge in [-0.3, -0.25) is 0 Å². The number of benzene rings is 2. The number of rotatable bonds is 0. The minimum atomic E-state index is 0.743. The molecule has 0 bridgehead atoms. The molecule has 0 heteroatoms. The monoisotopic (exact) mass is 308 g/mol. The van der Waals surface area contributed by atoms with Crippen LogP contribution in [0.3, 0.4) is 0 Å². The second-order valence-electron chi connectivity index (χ2n) is 7.55. The van der Waals surface area contributed by atoms with E-state index in [1.165, 1.54) is 28.7 Å². The van der Waals surface area contributed by atoms with Gasteiger partial charge in [0.25, 0.3) is 0 Å². The average molecular weight is 309 g/mol. The molecule has 23 heavy (non-hydrogen) atoms. The molecule has 3 rings (SSSR count). The molecule has 0 saturated heterocycles. The van der Waals surface area contributed by atoms with Gasteiger partial charge in [0.2, 0.25) is 0 Å². The molecule has 1 aliphatic rings. The second kappa shape index (κ2) is 7.34. The maximum absolute atomic E-state index is 2.37. The highest BCUT2D eigenvalue weighted by atomic mass is 14.3. The third kappa shape index (κ3) is 4.05. The van der Waals surface area contributed by atoms with Gasteiger partial charge in [-0.25, -0.2) is 0 Å². The summed E-state index contributed by atoms with van der Waals surface area (Å²) in [6.07, 6.45) is 1.35. The van der Waals surface area contributed by atoms with Gasteiger partial charge >= 0.3 is 0 Å². The standard InChI is InChI=1S/C13H18.C10H14/c1-9-8-10(2)12-6-4-5-7-13(12)11(9)3;1-7-5-9(3)10(4)6-8(7)2/h4-7,9-11H,8H2,1-3H3;5-6H,1-4H3. The van der Waals surface area contributed by atoms with E-state index in [0.717, 1.165) is 17.8 Å². The first-order valence-corrected chi connectivity index (χ1v) is 8.94. The lowest BCUT2D eigenvalue weighted by atomic mass is 9.72. The summed E-state index contributed by atoms with van der Waals surface area (Å²) in [7, 11) is 0. The molecule has 0 fully saturated rings. The van der Waals surface area contributed by atoms with Crippen LogP contribution in [0.2, 0.25) is 0 Å². The quantitative estimate of drug-likeness (QED) is 0.499. The predicted molar refractivity (Wildman–Crippen MR) is 102 cm³/mol. The lowest BCUT2D eigenvalue weighted by Crippen LogP contribution is -2.18. The lowest BCUT2D eigenvalue weighted by Gasteiger charge is -2.32. The molecule has 0 heterocycles. The molecule has 0 radical (unpaired) electrons. The van der Waals surface area contributed by atoms with Crippen LogP contribution in [-0.2, 0) is 0 Å². The first-order valence-electron chi connectivity index (χ1n) is 8.94. The van der Waals surface area contributed by atoms with Crippen LogP contribution >= 0.6 is 0 Å². The molecule has 0 nitrogen and oxygen atoms in total. The number of hydrogen-bond acceptors (Lipinski definition) is 0. The number of hydrogen-bond donors (Lipinski definition) is 0. The van der Waals surface area contributed by atoms with E-state index in [1.807, 2.05) is 0 Å². The van der Waals surface area contributed by atoms with Crippen LogP contribution in [0.1, 0.15) is 72.4 Å². The molecular formula is C23H32. The van der Waals surface area contributed by atoms with Crippen molar-refractivity contribution in [2.75, 3.05) is 0 Å². The second-order valence-corrected chi connectivity index (χ2v) is 7.55. The molecule has 2 aromatic rings. The van der Waals surface area contributed by atoms with Crippen LogP contribution < -0.4 is 0 Å². The van der Waals surface area contributed by atoms with Crippen molar-refractivity contribution in [3.63, 3.8) is 0 Å². The highest BCUT2D eigenvalue weighted by Crippen LogP contribution is 2.41. The Hall–Kier alpha value is -1.56. The third-order valence-corrected chi connectivity index (χ3v) is 5.71. The minimum absolute atomic E-state index is 0.743. The first kappa shape index (κ1) is 17.8. The Kier molecular flexibility index (Phi) is 5.68. The fourth-order valence-corrected chi connectivity index (χ4v) is 3.67. The van der Waals surface area contributed by atoms with Gasteiger partial charge in [-0.1, -0.05) is 57.2 Å². The zero-order valence-electron chi connectivity index (χ0n) is 15.9. The van der Waals surface area contributed by atoms with E-state index in [9.17, 15) is 0 Å². The summed E-state index contributed by atoms with van der Waals surface area (Å²) in [5.74, 6) is 2.33. The molecule has 0 amide bonds. The SMILES string of the molecule is CC1CC(C)C(C)c2ccccc21.Cc1cc(C)c(C)cc1C. The largest absolute Gasteiger partial charge is 0.0620 e. The van der Waals surface area contributed by atoms with Crippen molar-refractivity contribution in [3.05, 3.63) is 69.8 Å². The summed E-state index contributed by atoms with van der Waals surface area (Å²) in [5, 5.41) is 0. The lowest BCUT2D eigenvalue weighted by molar-refractivity contribution is 0.389. The Labute approximate surface area is 143 Å². The molecule has 124 valence electrons. The van der Waals surface area contributed by atoms with E-state index in [0.29, 0.717) is 0 Å². The van der Waals surface area contributed by atoms with Gasteiger partial charge in [0.15, 0.2) is 0 Å². The van der Waals surface area contributed by atoms with Crippen molar-refractivity contribution in [1.29, 1.82) is 0 Å². The molecule has 0 spiro atoms. The number of fused-ring (bicyclic) bond motifs is 1. The van der Waals surface area contributed by atoms with Crippen LogP contribution in [0.4, 0.5) is 0 Å². The third-order valence-electron chi connectivity index (χ3n) is 5.71. The van der Waals surface area contributed by atoms with Gasteiger partial charge in [-0.15, -0.1) is 0 Å². The molecule has 0 saturated carbocycles. The van der Waals surface area contributed by atoms with Crippen molar-refractivity contribution < 1.29 is 0 Å². The summed E-state index contributed by atoms with van der Waals surface area (Å²) < 4.78 is 0. The van der Waals surface area contributed by atoms with E-state index in [4.69, 9.17) is 0 Å². The summed E-state index contributed by atoms with van der Waals surface area (Å²) >= 11 is 0. The van der Waals surface area contributed by atoms with Crippen LogP contribution in [-0.4, -0.2) is 0 Å². The topological polar surface area (TPSA) is 0 Å². The smallest absolute Gasteiger partial charge is 0.0162 e. The van der Waals surface area contributed by atoms with Crippen molar-refractivity contribution in [2.24, 2.45) is 5.92 Å². The highest BCUT2D eigenvalue weighted by molar-refractivity contribution is 5.36. The van der Waals surface area contributed by atoms with Crippen LogP contribution in [0.25, 0.3) is 0 Å². The van der Waals surface area contributed by atoms with E-state index in [-0.39, 0.29) is 0 Å². The molecule has 0 aliphatic heterocycles. The Bertz CT molecular complexity index is 615. The fraction of sp³-hybridized carbons (Fsp3) is 0.478. The Balaban J connectivity index is 0.000000174. The van der Waals surface area contributed by atoms with Crippen molar-refractivity contribution in [1.82, 2.24) is 0 Å². The average Bonchev–Trinajstić information content (AvgIpc) is 2.52. The van der Waals surface area contributed by atoms with E-state index >= 15 is 0 Å². The van der Waals surface area contributed by atoms with E-state index < -0.39 is 0 Å². The molecule has 0 aromatic heterocycles. The zero-order valence-corrected chi connectivity index (χ0v) is 15.9. The minimum Gasteiger partial charge on any atom is -0.0620 e. The molecule has 3 unspecified atom stereocenters. The fourth-order valence-electron chi connectivity index (χ4n) is 3.67. The Morgan fingerprint density at radius 1 is 0.696 bits per heavy atom. The zero-order chi connectivity index (χ0) is 17.1. The van der Waals surface area contributed by atoms with Crippen LogP contribution in [0.5, 0.6) is 0 Å². The normalized spacial score (nSPS) is 22.8. The molecule has 3 atom stereocenters. The van der Waals surface area contributed by atoms with E-state index in [2.05, 4.69) is 84.9 Å². The maximum atomic E-state index is 2.37. The summed E-state index contributed by atoms with van der Waals surface area (Å²) in [5.41, 5.74) is 8.72. The van der Waals surface area contributed by atoms with Gasteiger partial charge in [0.1, 0.15) is 0 Å². The van der Waals surface area contributed by atoms with Gasteiger partial charge in [0, 0.05) is 0 Å². The van der Waals surface area contributed by atoms with Gasteiger partial charge < -0.3 is 0 Å². The first-order chi connectivity index (χ1) is 10.8. The van der Waals surface area contributed by atoms with Crippen molar-refractivity contribution in [2.45, 2.75) is 66.7 Å². The van der Waals surface area contributed by atoms with Crippen molar-refractivity contribution in [3.8, 4) is 0 Å². The van der Waals surface area contributed by atoms with Gasteiger partial charge in [-0.05, 0) is 85.3 Å². The van der Waals surface area contributed by atoms with Crippen LogP contribution in [0, 0.1) is 33.6 Å². The molecular weight excluding hydrogens is 276 g/mol. The Morgan fingerprint density at radius 3 is 1.61 bits per heavy atom. The Morgan fingerprint density at radius 2 is 1.13 bits per heavy atom. The summed E-state index contributed by atoms with van der Waals surface area (Å²) in [6, 6.07) is 13.4. The van der Waals surface area contributed by atoms with Crippen LogP contribution in [0.15, 0.2) is 36.4 Å². The van der Waals surface area contributed by atoms with Crippen molar-refractivity contribution >= 4 is 0 Å². The summed E-state index contributed by atoms with van der Waals surface area (Å²) in [6.45, 7) is 15.7. The molecule has 1 aliphatic carbocycles. The number of aryl methyl sites for hydroxylation is 4.